The second kappa shape index (κ2) is 9.99. The summed E-state index contributed by atoms with van der Waals surface area (Å²) >= 11 is 0. The molecule has 0 bridgehead atoms. The number of nitrogens with zero attached hydrogens (tertiary/aromatic N) is 3. The van der Waals surface area contributed by atoms with Crippen LogP contribution in [0.3, 0.4) is 0 Å². The first-order valence-corrected chi connectivity index (χ1v) is 12.3. The lowest BCUT2D eigenvalue weighted by Gasteiger charge is -2.36. The van der Waals surface area contributed by atoms with Crippen molar-refractivity contribution in [1.82, 2.24) is 9.21 Å². The maximum atomic E-state index is 12.7. The third-order valence-corrected chi connectivity index (χ3v) is 7.76. The van der Waals surface area contributed by atoms with Gasteiger partial charge in [-0.2, -0.15) is 4.31 Å². The average Bonchev–Trinajstić information content (AvgIpc) is 2.80. The number of aryl methyl sites for hydroxylation is 1. The van der Waals surface area contributed by atoms with Gasteiger partial charge in [-0.15, -0.1) is 0 Å². The highest BCUT2D eigenvalue weighted by molar-refractivity contribution is 7.89. The van der Waals surface area contributed by atoms with Crippen LogP contribution in [0.5, 0.6) is 5.75 Å². The third-order valence-electron chi connectivity index (χ3n) is 5.85. The third kappa shape index (κ3) is 5.57. The van der Waals surface area contributed by atoms with Crippen molar-refractivity contribution in [3.05, 3.63) is 54.1 Å². The van der Waals surface area contributed by atoms with Gasteiger partial charge >= 0.3 is 0 Å². The Morgan fingerprint density at radius 1 is 0.935 bits per heavy atom. The van der Waals surface area contributed by atoms with Crippen LogP contribution >= 0.6 is 0 Å². The van der Waals surface area contributed by atoms with E-state index in [1.165, 1.54) is 15.6 Å². The minimum atomic E-state index is -3.46. The van der Waals surface area contributed by atoms with Crippen LogP contribution < -0.4 is 9.64 Å². The topological polar surface area (TPSA) is 62.3 Å². The number of hydrogen-bond acceptors (Lipinski definition) is 6. The largest absolute Gasteiger partial charge is 0.492 e. The van der Waals surface area contributed by atoms with E-state index in [4.69, 9.17) is 9.47 Å². The fraction of sp³-hybridized carbons (Fsp3) is 0.478. The fourth-order valence-electron chi connectivity index (χ4n) is 3.99. The summed E-state index contributed by atoms with van der Waals surface area (Å²) in [6.45, 7) is 9.29. The molecule has 2 heterocycles. The number of benzene rings is 2. The van der Waals surface area contributed by atoms with Gasteiger partial charge in [-0.3, -0.25) is 4.90 Å². The number of rotatable bonds is 7. The number of morpholine rings is 1. The summed E-state index contributed by atoms with van der Waals surface area (Å²) in [6, 6.07) is 15.4. The van der Waals surface area contributed by atoms with Crippen LogP contribution in [0, 0.1) is 6.92 Å². The van der Waals surface area contributed by atoms with Gasteiger partial charge in [-0.05, 0) is 48.9 Å². The van der Waals surface area contributed by atoms with Crippen molar-refractivity contribution in [2.24, 2.45) is 0 Å². The normalized spacial score (nSPS) is 18.8. The lowest BCUT2D eigenvalue weighted by Crippen LogP contribution is -2.47. The molecule has 0 saturated carbocycles. The molecule has 0 aliphatic carbocycles. The van der Waals surface area contributed by atoms with Crippen molar-refractivity contribution in [3.8, 4) is 5.75 Å². The van der Waals surface area contributed by atoms with Gasteiger partial charge in [0, 0.05) is 51.5 Å². The van der Waals surface area contributed by atoms with E-state index in [0.717, 1.165) is 32.7 Å². The minimum absolute atomic E-state index is 0.300. The number of ether oxygens (including phenoxy) is 2. The Balaban J connectivity index is 1.22. The van der Waals surface area contributed by atoms with Gasteiger partial charge < -0.3 is 14.4 Å². The van der Waals surface area contributed by atoms with Gasteiger partial charge in [0.05, 0.1) is 18.1 Å². The first-order valence-electron chi connectivity index (χ1n) is 10.9. The molecule has 2 fully saturated rings. The zero-order chi connectivity index (χ0) is 21.7. The molecule has 0 unspecified atom stereocenters. The Kier molecular flexibility index (Phi) is 7.12. The molecule has 4 rings (SSSR count). The molecule has 0 spiro atoms. The SMILES string of the molecule is Cc1cccc(N2CCN(CCOc3ccc(S(=O)(=O)N4CCOCC4)cc3)CC2)c1. The van der Waals surface area contributed by atoms with Crippen molar-refractivity contribution in [2.75, 3.05) is 70.5 Å². The zero-order valence-electron chi connectivity index (χ0n) is 18.1. The second-order valence-corrected chi connectivity index (χ2v) is 9.94. The van der Waals surface area contributed by atoms with E-state index >= 15 is 0 Å². The van der Waals surface area contributed by atoms with Crippen LogP contribution in [0.2, 0.25) is 0 Å². The Morgan fingerprint density at radius 2 is 1.65 bits per heavy atom. The van der Waals surface area contributed by atoms with Crippen molar-refractivity contribution in [2.45, 2.75) is 11.8 Å². The van der Waals surface area contributed by atoms with E-state index in [0.29, 0.717) is 43.6 Å². The summed E-state index contributed by atoms with van der Waals surface area (Å²) in [5.74, 6) is 0.694. The van der Waals surface area contributed by atoms with Gasteiger partial charge in [0.25, 0.3) is 0 Å². The number of sulfonamides is 1. The van der Waals surface area contributed by atoms with E-state index in [9.17, 15) is 8.42 Å². The van der Waals surface area contributed by atoms with Crippen LogP contribution in [0.1, 0.15) is 5.56 Å². The molecule has 0 aromatic heterocycles. The molecule has 7 nitrogen and oxygen atoms in total. The quantitative estimate of drug-likeness (QED) is 0.651. The van der Waals surface area contributed by atoms with Crippen molar-refractivity contribution in [3.63, 3.8) is 0 Å². The molecule has 2 aromatic rings. The molecule has 168 valence electrons. The zero-order valence-corrected chi connectivity index (χ0v) is 18.9. The maximum Gasteiger partial charge on any atom is 0.243 e. The summed E-state index contributed by atoms with van der Waals surface area (Å²) in [5, 5.41) is 0. The van der Waals surface area contributed by atoms with E-state index in [1.807, 2.05) is 0 Å². The van der Waals surface area contributed by atoms with Gasteiger partial charge in [0.1, 0.15) is 12.4 Å². The molecule has 0 radical (unpaired) electrons. The molecule has 0 atom stereocenters. The van der Waals surface area contributed by atoms with Crippen LogP contribution in [0.25, 0.3) is 0 Å². The van der Waals surface area contributed by atoms with Crippen molar-refractivity contribution in [1.29, 1.82) is 0 Å². The molecule has 2 aliphatic heterocycles. The molecule has 0 N–H and O–H groups in total. The van der Waals surface area contributed by atoms with E-state index < -0.39 is 10.0 Å². The first-order chi connectivity index (χ1) is 15.0. The van der Waals surface area contributed by atoms with Crippen molar-refractivity contribution < 1.29 is 17.9 Å². The van der Waals surface area contributed by atoms with Crippen LogP contribution in [-0.4, -0.2) is 83.3 Å². The van der Waals surface area contributed by atoms with E-state index in [2.05, 4.69) is 41.0 Å². The fourth-order valence-corrected chi connectivity index (χ4v) is 5.40. The van der Waals surface area contributed by atoms with Gasteiger partial charge in [-0.1, -0.05) is 12.1 Å². The lowest BCUT2D eigenvalue weighted by atomic mass is 10.2. The number of hydrogen-bond donors (Lipinski definition) is 0. The van der Waals surface area contributed by atoms with E-state index in [1.54, 1.807) is 24.3 Å². The molecule has 8 heteroatoms. The smallest absolute Gasteiger partial charge is 0.243 e. The van der Waals surface area contributed by atoms with Gasteiger partial charge in [0.15, 0.2) is 0 Å². The highest BCUT2D eigenvalue weighted by Crippen LogP contribution is 2.21. The maximum absolute atomic E-state index is 12.7. The standard InChI is InChI=1S/C23H31N3O4S/c1-20-3-2-4-21(19-20)25-11-9-24(10-12-25)13-18-30-22-5-7-23(8-6-22)31(27,28)26-14-16-29-17-15-26/h2-8,19H,9-18H2,1H3. The van der Waals surface area contributed by atoms with Crippen LogP contribution in [0.4, 0.5) is 5.69 Å². The van der Waals surface area contributed by atoms with Crippen LogP contribution in [-0.2, 0) is 14.8 Å². The molecular weight excluding hydrogens is 414 g/mol. The predicted molar refractivity (Wildman–Crippen MR) is 121 cm³/mol. The van der Waals surface area contributed by atoms with E-state index in [-0.39, 0.29) is 0 Å². The second-order valence-electron chi connectivity index (χ2n) is 8.00. The summed E-state index contributed by atoms with van der Waals surface area (Å²) < 4.78 is 38.0. The highest BCUT2D eigenvalue weighted by atomic mass is 32.2. The number of anilines is 1. The Hall–Kier alpha value is -2.13. The highest BCUT2D eigenvalue weighted by Gasteiger charge is 2.26. The summed E-state index contributed by atoms with van der Waals surface area (Å²) in [5.41, 5.74) is 2.58. The van der Waals surface area contributed by atoms with Gasteiger partial charge in [0.2, 0.25) is 10.0 Å². The van der Waals surface area contributed by atoms with Crippen LogP contribution in [0.15, 0.2) is 53.4 Å². The average molecular weight is 446 g/mol. The molecular formula is C23H31N3O4S. The summed E-state index contributed by atoms with van der Waals surface area (Å²) in [6.07, 6.45) is 0. The molecule has 0 amide bonds. The molecule has 2 aromatic carbocycles. The lowest BCUT2D eigenvalue weighted by molar-refractivity contribution is 0.0730. The predicted octanol–water partition coefficient (Wildman–Crippen LogP) is 2.22. The monoisotopic (exact) mass is 445 g/mol. The Labute approximate surface area is 185 Å². The minimum Gasteiger partial charge on any atom is -0.492 e. The van der Waals surface area contributed by atoms with Gasteiger partial charge in [-0.25, -0.2) is 8.42 Å². The Morgan fingerprint density at radius 3 is 2.32 bits per heavy atom. The summed E-state index contributed by atoms with van der Waals surface area (Å²) in [4.78, 5) is 5.13. The molecule has 2 saturated heterocycles. The number of piperazine rings is 1. The molecule has 2 aliphatic rings. The molecule has 31 heavy (non-hydrogen) atoms. The first kappa shape index (κ1) is 22.1. The Bertz CT molecular complexity index is 951. The van der Waals surface area contributed by atoms with Crippen molar-refractivity contribution >= 4 is 15.7 Å². The summed E-state index contributed by atoms with van der Waals surface area (Å²) in [7, 11) is -3.46.